The van der Waals surface area contributed by atoms with Gasteiger partial charge in [-0.2, -0.15) is 0 Å². The Morgan fingerprint density at radius 2 is 1.81 bits per heavy atom. The van der Waals surface area contributed by atoms with Crippen LogP contribution in [0.2, 0.25) is 0 Å². The lowest BCUT2D eigenvalue weighted by Gasteiger charge is -2.07. The van der Waals surface area contributed by atoms with Crippen molar-refractivity contribution >= 4 is 6.16 Å². The fourth-order valence-corrected chi connectivity index (χ4v) is 0.903. The normalized spacial score (nSPS) is 11.4. The van der Waals surface area contributed by atoms with Gasteiger partial charge in [0.1, 0.15) is 6.10 Å². The van der Waals surface area contributed by atoms with Gasteiger partial charge in [-0.3, -0.25) is 0 Å². The zero-order valence-electron chi connectivity index (χ0n) is 9.63. The van der Waals surface area contributed by atoms with Gasteiger partial charge in [-0.1, -0.05) is 26.2 Å². The summed E-state index contributed by atoms with van der Waals surface area (Å²) < 4.78 is 5.12. The van der Waals surface area contributed by atoms with Crippen molar-refractivity contribution < 1.29 is 30.0 Å². The van der Waals surface area contributed by atoms with Gasteiger partial charge in [0.25, 0.3) is 0 Å². The van der Waals surface area contributed by atoms with Crippen LogP contribution < -0.4 is 0 Å². The van der Waals surface area contributed by atoms with Crippen LogP contribution in [0.4, 0.5) is 4.79 Å². The fourth-order valence-electron chi connectivity index (χ4n) is 0.903. The van der Waals surface area contributed by atoms with Crippen molar-refractivity contribution in [1.82, 2.24) is 0 Å². The Hall–Kier alpha value is -0.850. The number of hydrogen-bond acceptors (Lipinski definition) is 4. The van der Waals surface area contributed by atoms with Crippen molar-refractivity contribution in [3.63, 3.8) is 0 Å². The molecule has 6 nitrogen and oxygen atoms in total. The number of unbranched alkanes of at least 4 members (excludes halogenated alkanes) is 3. The molecule has 1 atom stereocenters. The van der Waals surface area contributed by atoms with E-state index in [0.717, 1.165) is 6.42 Å². The van der Waals surface area contributed by atoms with Crippen LogP contribution in [-0.2, 0) is 4.74 Å². The van der Waals surface area contributed by atoms with Gasteiger partial charge < -0.3 is 25.2 Å². The molecule has 0 heterocycles. The van der Waals surface area contributed by atoms with Crippen LogP contribution in [0.1, 0.15) is 32.6 Å². The first kappa shape index (κ1) is 17.5. The maximum Gasteiger partial charge on any atom is 0.503 e. The second-order valence-electron chi connectivity index (χ2n) is 3.25. The van der Waals surface area contributed by atoms with Crippen molar-refractivity contribution in [2.45, 2.75) is 38.7 Å². The van der Waals surface area contributed by atoms with Crippen LogP contribution in [-0.4, -0.2) is 52.5 Å². The number of rotatable bonds is 8. The number of aliphatic hydroxyl groups is 2. The Bertz CT molecular complexity index is 146. The van der Waals surface area contributed by atoms with Gasteiger partial charge in [-0.25, -0.2) is 4.79 Å². The molecule has 0 aliphatic rings. The summed E-state index contributed by atoms with van der Waals surface area (Å²) in [4.78, 5) is 8.56. The molecule has 0 amide bonds. The molecular formula is C10H22O6. The summed E-state index contributed by atoms with van der Waals surface area (Å²) in [6, 6.07) is 0. The van der Waals surface area contributed by atoms with E-state index < -0.39 is 12.3 Å². The summed E-state index contributed by atoms with van der Waals surface area (Å²) in [6.07, 6.45) is 2.15. The Balaban J connectivity index is 0. The van der Waals surface area contributed by atoms with E-state index in [2.05, 4.69) is 6.92 Å². The average Bonchev–Trinajstić information content (AvgIpc) is 2.22. The molecule has 0 radical (unpaired) electrons. The molecule has 16 heavy (non-hydrogen) atoms. The van der Waals surface area contributed by atoms with Crippen LogP contribution in [0.3, 0.4) is 0 Å². The summed E-state index contributed by atoms with van der Waals surface area (Å²) in [5.74, 6) is 0. The zero-order chi connectivity index (χ0) is 12.8. The fraction of sp³-hybridized carbons (Fsp3) is 0.900. The molecule has 98 valence electrons. The molecule has 4 N–H and O–H groups in total. The summed E-state index contributed by atoms with van der Waals surface area (Å²) in [6.45, 7) is 2.89. The Labute approximate surface area is 95.5 Å². The first-order valence-corrected chi connectivity index (χ1v) is 5.33. The number of carbonyl (C=O) groups is 1. The van der Waals surface area contributed by atoms with E-state index in [4.69, 9.17) is 30.0 Å². The second-order valence-corrected chi connectivity index (χ2v) is 3.25. The minimum absolute atomic E-state index is 0.213. The standard InChI is InChI=1S/C9H20O3.CH2O3/c1-2-3-4-5-6-12-8-9(11)7-10;2-1(3)4/h9-11H,2-8H2,1H3;(H2,2,3,4). The molecule has 0 saturated heterocycles. The van der Waals surface area contributed by atoms with Crippen molar-refractivity contribution in [3.8, 4) is 0 Å². The minimum atomic E-state index is -1.83. The molecular weight excluding hydrogens is 216 g/mol. The van der Waals surface area contributed by atoms with Crippen LogP contribution in [0.25, 0.3) is 0 Å². The summed E-state index contributed by atoms with van der Waals surface area (Å²) in [5, 5.41) is 31.3. The molecule has 0 saturated carbocycles. The van der Waals surface area contributed by atoms with Gasteiger partial charge in [-0.15, -0.1) is 0 Å². The lowest BCUT2D eigenvalue weighted by molar-refractivity contribution is 0.00528. The van der Waals surface area contributed by atoms with Gasteiger partial charge in [0, 0.05) is 6.61 Å². The molecule has 0 bridgehead atoms. The van der Waals surface area contributed by atoms with E-state index in [1.165, 1.54) is 19.3 Å². The molecule has 0 aromatic carbocycles. The Morgan fingerprint density at radius 1 is 1.25 bits per heavy atom. The summed E-state index contributed by atoms with van der Waals surface area (Å²) >= 11 is 0. The average molecular weight is 238 g/mol. The largest absolute Gasteiger partial charge is 0.503 e. The topological polar surface area (TPSA) is 107 Å². The van der Waals surface area contributed by atoms with Crippen molar-refractivity contribution in [2.24, 2.45) is 0 Å². The highest BCUT2D eigenvalue weighted by Gasteiger charge is 2.00. The van der Waals surface area contributed by atoms with Crippen LogP contribution in [0.5, 0.6) is 0 Å². The van der Waals surface area contributed by atoms with Crippen LogP contribution in [0.15, 0.2) is 0 Å². The van der Waals surface area contributed by atoms with Crippen molar-refractivity contribution in [1.29, 1.82) is 0 Å². The van der Waals surface area contributed by atoms with Gasteiger partial charge in [0.15, 0.2) is 0 Å². The maximum atomic E-state index is 8.89. The third-order valence-corrected chi connectivity index (χ3v) is 1.66. The monoisotopic (exact) mass is 238 g/mol. The highest BCUT2D eigenvalue weighted by molar-refractivity contribution is 5.53. The quantitative estimate of drug-likeness (QED) is 0.473. The summed E-state index contributed by atoms with van der Waals surface area (Å²) in [5.41, 5.74) is 0. The maximum absolute atomic E-state index is 8.89. The molecule has 0 aromatic rings. The summed E-state index contributed by atoms with van der Waals surface area (Å²) in [7, 11) is 0. The van der Waals surface area contributed by atoms with Gasteiger partial charge in [-0.05, 0) is 6.42 Å². The SMILES string of the molecule is CCCCCCOCC(O)CO.O=C(O)O. The molecule has 0 aliphatic heterocycles. The van der Waals surface area contributed by atoms with Crippen molar-refractivity contribution in [3.05, 3.63) is 0 Å². The lowest BCUT2D eigenvalue weighted by Crippen LogP contribution is -2.19. The van der Waals surface area contributed by atoms with Gasteiger partial charge in [0.05, 0.1) is 13.2 Å². The van der Waals surface area contributed by atoms with E-state index in [0.29, 0.717) is 6.61 Å². The molecule has 0 aliphatic carbocycles. The number of ether oxygens (including phenoxy) is 1. The minimum Gasteiger partial charge on any atom is -0.450 e. The Morgan fingerprint density at radius 3 is 2.25 bits per heavy atom. The molecule has 0 rings (SSSR count). The smallest absolute Gasteiger partial charge is 0.450 e. The molecule has 0 spiro atoms. The van der Waals surface area contributed by atoms with E-state index in [1.54, 1.807) is 0 Å². The third-order valence-electron chi connectivity index (χ3n) is 1.66. The molecule has 6 heteroatoms. The lowest BCUT2D eigenvalue weighted by atomic mass is 10.2. The number of carboxylic acid groups (broad SMARTS) is 2. The predicted molar refractivity (Wildman–Crippen MR) is 58.7 cm³/mol. The number of hydrogen-bond donors (Lipinski definition) is 4. The first-order valence-electron chi connectivity index (χ1n) is 5.33. The van der Waals surface area contributed by atoms with Gasteiger partial charge >= 0.3 is 6.16 Å². The Kier molecular flexibility index (Phi) is 15.5. The van der Waals surface area contributed by atoms with E-state index in [1.807, 2.05) is 0 Å². The van der Waals surface area contributed by atoms with E-state index in [-0.39, 0.29) is 13.2 Å². The highest BCUT2D eigenvalue weighted by Crippen LogP contribution is 1.98. The predicted octanol–water partition coefficient (Wildman–Crippen LogP) is 1.16. The van der Waals surface area contributed by atoms with Crippen molar-refractivity contribution in [2.75, 3.05) is 19.8 Å². The molecule has 1 unspecified atom stereocenters. The van der Waals surface area contributed by atoms with Crippen LogP contribution >= 0.6 is 0 Å². The van der Waals surface area contributed by atoms with E-state index >= 15 is 0 Å². The molecule has 0 aromatic heterocycles. The molecule has 0 fully saturated rings. The van der Waals surface area contributed by atoms with Crippen LogP contribution in [0, 0.1) is 0 Å². The highest BCUT2D eigenvalue weighted by atomic mass is 16.6. The number of aliphatic hydroxyl groups excluding tert-OH is 2. The van der Waals surface area contributed by atoms with Gasteiger partial charge in [0.2, 0.25) is 0 Å². The first-order chi connectivity index (χ1) is 7.54. The second kappa shape index (κ2) is 14.2. The third kappa shape index (κ3) is 23.2. The van der Waals surface area contributed by atoms with E-state index in [9.17, 15) is 0 Å². The zero-order valence-corrected chi connectivity index (χ0v) is 9.63.